The second-order valence-electron chi connectivity index (χ2n) is 3.54. The Morgan fingerprint density at radius 2 is 2.05 bits per heavy atom. The van der Waals surface area contributed by atoms with E-state index >= 15 is 0 Å². The molecule has 0 unspecified atom stereocenters. The Hall–Kier alpha value is -2.58. The number of carboxylic acids is 1. The van der Waals surface area contributed by atoms with Crippen molar-refractivity contribution in [1.29, 1.82) is 0 Å². The normalized spacial score (nSPS) is 11.5. The first-order valence-electron chi connectivity index (χ1n) is 4.87. The van der Waals surface area contributed by atoms with Crippen molar-refractivity contribution in [2.24, 2.45) is 0 Å². The molecule has 0 radical (unpaired) electrons. The van der Waals surface area contributed by atoms with Crippen LogP contribution in [0.4, 0.5) is 13.2 Å². The molecule has 0 saturated heterocycles. The largest absolute Gasteiger partial charge is 0.478 e. The molecular weight excluding hydrogens is 267 g/mol. The average molecular weight is 273 g/mol. The lowest BCUT2D eigenvalue weighted by atomic mass is 10.2. The Kier molecular flexibility index (Phi) is 2.89. The van der Waals surface area contributed by atoms with Gasteiger partial charge < -0.3 is 14.7 Å². The number of halogens is 3. The summed E-state index contributed by atoms with van der Waals surface area (Å²) in [7, 11) is 0. The Morgan fingerprint density at radius 1 is 1.37 bits per heavy atom. The number of carbonyl (C=O) groups is 1. The highest BCUT2D eigenvalue weighted by Crippen LogP contribution is 2.33. The van der Waals surface area contributed by atoms with Crippen molar-refractivity contribution >= 4 is 5.97 Å². The van der Waals surface area contributed by atoms with Gasteiger partial charge in [0.1, 0.15) is 0 Å². The zero-order chi connectivity index (χ0) is 14.2. The first kappa shape index (κ1) is 12.9. The van der Waals surface area contributed by atoms with Crippen LogP contribution in [-0.2, 0) is 6.18 Å². The molecule has 0 aromatic carbocycles. The molecule has 0 saturated carbocycles. The van der Waals surface area contributed by atoms with Gasteiger partial charge in [-0.25, -0.2) is 9.78 Å². The minimum absolute atomic E-state index is 0.347. The molecule has 2 aromatic rings. The molecule has 0 amide bonds. The molecule has 0 bridgehead atoms. The van der Waals surface area contributed by atoms with E-state index in [0.717, 1.165) is 4.57 Å². The van der Waals surface area contributed by atoms with Gasteiger partial charge in [-0.2, -0.15) is 13.2 Å². The number of aromatic nitrogens is 3. The Labute approximate surface area is 103 Å². The van der Waals surface area contributed by atoms with Gasteiger partial charge in [-0.3, -0.25) is 4.79 Å². The van der Waals surface area contributed by atoms with Crippen LogP contribution in [-0.4, -0.2) is 25.6 Å². The summed E-state index contributed by atoms with van der Waals surface area (Å²) in [5, 5.41) is 8.74. The number of hydrogen-bond donors (Lipinski definition) is 2. The predicted octanol–water partition coefficient (Wildman–Crippen LogP) is 1.28. The molecule has 2 heterocycles. The van der Waals surface area contributed by atoms with Crippen LogP contribution in [0.25, 0.3) is 5.82 Å². The van der Waals surface area contributed by atoms with Gasteiger partial charge in [-0.15, -0.1) is 0 Å². The van der Waals surface area contributed by atoms with Crippen LogP contribution in [0.2, 0.25) is 0 Å². The van der Waals surface area contributed by atoms with Crippen molar-refractivity contribution in [3.8, 4) is 5.82 Å². The van der Waals surface area contributed by atoms with E-state index in [1.807, 2.05) is 0 Å². The van der Waals surface area contributed by atoms with E-state index in [1.54, 1.807) is 0 Å². The van der Waals surface area contributed by atoms with Gasteiger partial charge in [0.2, 0.25) is 5.82 Å². The Bertz CT molecular complexity index is 687. The standard InChI is InChI=1S/C10H6F3N3O3/c11-10(12,13)6-4-16(3-5(6)9(18)19)7-8(17)15-2-1-14-7/h1-4H,(H,15,17)(H,18,19). The summed E-state index contributed by atoms with van der Waals surface area (Å²) in [6.45, 7) is 0. The van der Waals surface area contributed by atoms with Crippen LogP contribution in [0.1, 0.15) is 15.9 Å². The van der Waals surface area contributed by atoms with E-state index in [2.05, 4.69) is 9.97 Å². The lowest BCUT2D eigenvalue weighted by Crippen LogP contribution is -2.15. The van der Waals surface area contributed by atoms with Crippen molar-refractivity contribution in [2.45, 2.75) is 6.18 Å². The number of aromatic carboxylic acids is 1. The van der Waals surface area contributed by atoms with E-state index in [0.29, 0.717) is 12.4 Å². The van der Waals surface area contributed by atoms with Crippen molar-refractivity contribution in [3.63, 3.8) is 0 Å². The smallest absolute Gasteiger partial charge is 0.418 e. The minimum Gasteiger partial charge on any atom is -0.478 e. The summed E-state index contributed by atoms with van der Waals surface area (Å²) in [5.41, 5.74) is -3.02. The summed E-state index contributed by atoms with van der Waals surface area (Å²) in [4.78, 5) is 28.0. The van der Waals surface area contributed by atoms with Crippen molar-refractivity contribution in [1.82, 2.24) is 14.5 Å². The van der Waals surface area contributed by atoms with Crippen LogP contribution < -0.4 is 5.56 Å². The van der Waals surface area contributed by atoms with E-state index in [1.165, 1.54) is 12.4 Å². The SMILES string of the molecule is O=C(O)c1cn(-c2ncc[nH]c2=O)cc1C(F)(F)F. The fourth-order valence-electron chi connectivity index (χ4n) is 1.50. The summed E-state index contributed by atoms with van der Waals surface area (Å²) in [6, 6.07) is 0. The zero-order valence-electron chi connectivity index (χ0n) is 9.10. The summed E-state index contributed by atoms with van der Waals surface area (Å²) in [6.07, 6.45) is -1.24. The molecule has 2 N–H and O–H groups in total. The van der Waals surface area contributed by atoms with Gasteiger partial charge in [0, 0.05) is 24.8 Å². The molecule has 0 aliphatic rings. The van der Waals surface area contributed by atoms with Crippen LogP contribution in [0.3, 0.4) is 0 Å². The Balaban J connectivity index is 2.66. The summed E-state index contributed by atoms with van der Waals surface area (Å²) >= 11 is 0. The molecular formula is C10H6F3N3O3. The van der Waals surface area contributed by atoms with E-state index in [-0.39, 0.29) is 5.82 Å². The van der Waals surface area contributed by atoms with Crippen LogP contribution >= 0.6 is 0 Å². The third-order valence-corrected chi connectivity index (χ3v) is 2.30. The van der Waals surface area contributed by atoms with Gasteiger partial charge in [-0.1, -0.05) is 0 Å². The lowest BCUT2D eigenvalue weighted by Gasteiger charge is -2.04. The maximum atomic E-state index is 12.7. The molecule has 6 nitrogen and oxygen atoms in total. The highest BCUT2D eigenvalue weighted by Gasteiger charge is 2.37. The third kappa shape index (κ3) is 2.34. The molecule has 2 aromatic heterocycles. The number of rotatable bonds is 2. The average Bonchev–Trinajstić information content (AvgIpc) is 2.74. The van der Waals surface area contributed by atoms with Crippen molar-refractivity contribution < 1.29 is 23.1 Å². The van der Waals surface area contributed by atoms with E-state index < -0.39 is 28.8 Å². The maximum absolute atomic E-state index is 12.7. The van der Waals surface area contributed by atoms with Gasteiger partial charge in [0.15, 0.2) is 0 Å². The summed E-state index contributed by atoms with van der Waals surface area (Å²) in [5.74, 6) is -2.08. The van der Waals surface area contributed by atoms with Gasteiger partial charge >= 0.3 is 12.1 Å². The number of hydrogen-bond acceptors (Lipinski definition) is 3. The third-order valence-electron chi connectivity index (χ3n) is 2.30. The fraction of sp³-hybridized carbons (Fsp3) is 0.100. The number of H-pyrrole nitrogens is 1. The molecule has 100 valence electrons. The quantitative estimate of drug-likeness (QED) is 0.862. The van der Waals surface area contributed by atoms with Gasteiger partial charge in [0.25, 0.3) is 5.56 Å². The maximum Gasteiger partial charge on any atom is 0.418 e. The molecule has 0 atom stereocenters. The number of nitrogens with one attached hydrogen (secondary N) is 1. The van der Waals surface area contributed by atoms with E-state index in [4.69, 9.17) is 5.11 Å². The number of alkyl halides is 3. The molecule has 2 rings (SSSR count). The zero-order valence-corrected chi connectivity index (χ0v) is 9.10. The predicted molar refractivity (Wildman–Crippen MR) is 56.1 cm³/mol. The number of aromatic amines is 1. The topological polar surface area (TPSA) is 88.0 Å². The van der Waals surface area contributed by atoms with E-state index in [9.17, 15) is 22.8 Å². The minimum atomic E-state index is -4.83. The van der Waals surface area contributed by atoms with Crippen molar-refractivity contribution in [2.75, 3.05) is 0 Å². The summed E-state index contributed by atoms with van der Waals surface area (Å²) < 4.78 is 38.7. The van der Waals surface area contributed by atoms with Gasteiger partial charge in [-0.05, 0) is 0 Å². The Morgan fingerprint density at radius 3 is 2.53 bits per heavy atom. The monoisotopic (exact) mass is 273 g/mol. The molecule has 0 aliphatic carbocycles. The first-order valence-corrected chi connectivity index (χ1v) is 4.87. The highest BCUT2D eigenvalue weighted by molar-refractivity contribution is 5.89. The highest BCUT2D eigenvalue weighted by atomic mass is 19.4. The van der Waals surface area contributed by atoms with Crippen LogP contribution in [0.5, 0.6) is 0 Å². The lowest BCUT2D eigenvalue weighted by molar-refractivity contribution is -0.138. The fourth-order valence-corrected chi connectivity index (χ4v) is 1.50. The number of nitrogens with zero attached hydrogens (tertiary/aromatic N) is 2. The molecule has 0 fully saturated rings. The van der Waals surface area contributed by atoms with Crippen LogP contribution in [0.15, 0.2) is 29.6 Å². The van der Waals surface area contributed by atoms with Gasteiger partial charge in [0.05, 0.1) is 11.1 Å². The second-order valence-corrected chi connectivity index (χ2v) is 3.54. The number of carboxylic acid groups (broad SMARTS) is 1. The second kappa shape index (κ2) is 4.26. The van der Waals surface area contributed by atoms with Crippen molar-refractivity contribution in [3.05, 3.63) is 46.3 Å². The molecule has 0 aliphatic heterocycles. The van der Waals surface area contributed by atoms with Crippen LogP contribution in [0, 0.1) is 0 Å². The molecule has 0 spiro atoms. The first-order chi connectivity index (χ1) is 8.80. The molecule has 9 heteroatoms. The molecule has 19 heavy (non-hydrogen) atoms.